The molecule has 1 aliphatic heterocycles. The number of aryl methyl sites for hydroxylation is 1. The number of benzene rings is 2. The summed E-state index contributed by atoms with van der Waals surface area (Å²) in [7, 11) is 0. The van der Waals surface area contributed by atoms with E-state index >= 15 is 0 Å². The van der Waals surface area contributed by atoms with E-state index in [1.807, 2.05) is 11.5 Å². The Morgan fingerprint density at radius 2 is 1.66 bits per heavy atom. The van der Waals surface area contributed by atoms with Crippen LogP contribution in [0, 0.1) is 29.8 Å². The van der Waals surface area contributed by atoms with Gasteiger partial charge in [0.15, 0.2) is 5.78 Å². The predicted octanol–water partition coefficient (Wildman–Crippen LogP) is 3.68. The number of carbonyl (C=O) groups excluding carboxylic acids is 3. The summed E-state index contributed by atoms with van der Waals surface area (Å²) in [5, 5.41) is 11.0. The van der Waals surface area contributed by atoms with Crippen molar-refractivity contribution in [3.63, 3.8) is 0 Å². The molecule has 162 valence electrons. The topological polar surface area (TPSA) is 103 Å². The highest BCUT2D eigenvalue weighted by atomic mass is 19.1. The lowest BCUT2D eigenvalue weighted by atomic mass is 10.1. The van der Waals surface area contributed by atoms with Gasteiger partial charge in [-0.3, -0.25) is 29.4 Å². The first-order valence-corrected chi connectivity index (χ1v) is 9.76. The number of nitro benzene ring substituents is 1. The van der Waals surface area contributed by atoms with Crippen LogP contribution in [0.4, 0.5) is 10.1 Å². The number of aromatic nitrogens is 1. The Balaban J connectivity index is 1.57. The van der Waals surface area contributed by atoms with Crippen LogP contribution in [0.1, 0.15) is 48.0 Å². The molecule has 32 heavy (non-hydrogen) atoms. The van der Waals surface area contributed by atoms with Crippen LogP contribution in [-0.4, -0.2) is 38.5 Å². The van der Waals surface area contributed by atoms with Gasteiger partial charge >= 0.3 is 0 Å². The Morgan fingerprint density at radius 3 is 2.31 bits per heavy atom. The maximum atomic E-state index is 13.2. The summed E-state index contributed by atoms with van der Waals surface area (Å²) in [6, 6.07) is 11.2. The van der Waals surface area contributed by atoms with Gasteiger partial charge in [-0.2, -0.15) is 0 Å². The molecule has 0 spiro atoms. The second-order valence-corrected chi connectivity index (χ2v) is 7.60. The van der Waals surface area contributed by atoms with Crippen LogP contribution < -0.4 is 0 Å². The predicted molar refractivity (Wildman–Crippen MR) is 112 cm³/mol. The minimum Gasteiger partial charge on any atom is -0.344 e. The Bertz CT molecular complexity index is 1290. The van der Waals surface area contributed by atoms with Crippen LogP contribution in [0.3, 0.4) is 0 Å². The SMILES string of the molecule is Cc1cc(C(=O)CN2C(=O)c3ccc([N+](=O)[O-])cc3C2=O)c(C)n1Cc1ccc(F)cc1. The Kier molecular flexibility index (Phi) is 5.17. The summed E-state index contributed by atoms with van der Waals surface area (Å²) in [4.78, 5) is 49.4. The highest BCUT2D eigenvalue weighted by Crippen LogP contribution is 2.27. The molecule has 1 aliphatic rings. The number of Topliss-reactive ketones (excluding diaryl/α,β-unsaturated/α-hetero) is 1. The summed E-state index contributed by atoms with van der Waals surface area (Å²) in [6.45, 7) is 3.55. The fraction of sp³-hybridized carbons (Fsp3) is 0.174. The average molecular weight is 435 g/mol. The molecule has 0 N–H and O–H groups in total. The highest BCUT2D eigenvalue weighted by molar-refractivity contribution is 6.23. The van der Waals surface area contributed by atoms with Gasteiger partial charge in [0.1, 0.15) is 5.82 Å². The molecule has 2 amide bonds. The van der Waals surface area contributed by atoms with Crippen molar-refractivity contribution in [3.8, 4) is 0 Å². The van der Waals surface area contributed by atoms with Gasteiger partial charge in [-0.1, -0.05) is 12.1 Å². The standard InChI is InChI=1S/C23H18FN3O5/c1-13-9-19(14(2)25(13)11-15-3-5-16(24)6-4-15)21(28)12-26-22(29)18-8-7-17(27(31)32)10-20(18)23(26)30/h3-10H,11-12H2,1-2H3. The van der Waals surface area contributed by atoms with Crippen LogP contribution in [0.5, 0.6) is 0 Å². The van der Waals surface area contributed by atoms with Crippen molar-refractivity contribution in [2.75, 3.05) is 6.54 Å². The third-order valence-corrected chi connectivity index (χ3v) is 5.59. The van der Waals surface area contributed by atoms with Crippen LogP contribution in [0.2, 0.25) is 0 Å². The van der Waals surface area contributed by atoms with Crippen molar-refractivity contribution in [1.29, 1.82) is 0 Å². The number of carbonyl (C=O) groups is 3. The molecular formula is C23H18FN3O5. The first-order valence-electron chi connectivity index (χ1n) is 9.76. The molecule has 2 heterocycles. The van der Waals surface area contributed by atoms with E-state index in [4.69, 9.17) is 0 Å². The van der Waals surface area contributed by atoms with E-state index in [0.29, 0.717) is 17.8 Å². The Labute approximate surface area is 182 Å². The Morgan fingerprint density at radius 1 is 1.00 bits per heavy atom. The monoisotopic (exact) mass is 435 g/mol. The minimum atomic E-state index is -0.734. The van der Waals surface area contributed by atoms with Crippen molar-refractivity contribution in [3.05, 3.63) is 98.1 Å². The molecule has 0 fully saturated rings. The van der Waals surface area contributed by atoms with E-state index in [9.17, 15) is 28.9 Å². The second kappa shape index (κ2) is 7.84. The van der Waals surface area contributed by atoms with Crippen LogP contribution >= 0.6 is 0 Å². The number of ketones is 1. The van der Waals surface area contributed by atoms with Gasteiger partial charge in [-0.05, 0) is 43.7 Å². The van der Waals surface area contributed by atoms with E-state index < -0.39 is 29.1 Å². The van der Waals surface area contributed by atoms with Crippen molar-refractivity contribution in [2.24, 2.45) is 0 Å². The summed E-state index contributed by atoms with van der Waals surface area (Å²) >= 11 is 0. The number of non-ortho nitro benzene ring substituents is 1. The third-order valence-electron chi connectivity index (χ3n) is 5.59. The number of hydrogen-bond donors (Lipinski definition) is 0. The summed E-state index contributed by atoms with van der Waals surface area (Å²) < 4.78 is 15.1. The quantitative estimate of drug-likeness (QED) is 0.254. The summed E-state index contributed by atoms with van der Waals surface area (Å²) in [6.07, 6.45) is 0. The normalized spacial score (nSPS) is 12.9. The first kappa shape index (κ1) is 21.1. The second-order valence-electron chi connectivity index (χ2n) is 7.60. The highest BCUT2D eigenvalue weighted by Gasteiger charge is 2.38. The zero-order valence-corrected chi connectivity index (χ0v) is 17.3. The lowest BCUT2D eigenvalue weighted by Gasteiger charge is -2.13. The fourth-order valence-corrected chi connectivity index (χ4v) is 3.86. The molecule has 0 saturated carbocycles. The molecule has 0 unspecified atom stereocenters. The molecule has 0 aliphatic carbocycles. The molecule has 3 aromatic rings. The molecule has 2 aromatic carbocycles. The molecule has 0 bridgehead atoms. The van der Waals surface area contributed by atoms with Gasteiger partial charge in [0.2, 0.25) is 0 Å². The lowest BCUT2D eigenvalue weighted by molar-refractivity contribution is -0.384. The number of fused-ring (bicyclic) bond motifs is 1. The van der Waals surface area contributed by atoms with Crippen molar-refractivity contribution in [2.45, 2.75) is 20.4 Å². The van der Waals surface area contributed by atoms with Crippen LogP contribution in [0.25, 0.3) is 0 Å². The number of hydrogen-bond acceptors (Lipinski definition) is 5. The molecular weight excluding hydrogens is 417 g/mol. The number of nitrogens with zero attached hydrogens (tertiary/aromatic N) is 3. The van der Waals surface area contributed by atoms with E-state index in [0.717, 1.165) is 28.3 Å². The number of nitro groups is 1. The smallest absolute Gasteiger partial charge is 0.270 e. The van der Waals surface area contributed by atoms with Gasteiger partial charge in [-0.15, -0.1) is 0 Å². The van der Waals surface area contributed by atoms with E-state index in [1.165, 1.54) is 18.2 Å². The van der Waals surface area contributed by atoms with E-state index in [2.05, 4.69) is 0 Å². The largest absolute Gasteiger partial charge is 0.344 e. The Hall–Kier alpha value is -4.14. The molecule has 0 saturated heterocycles. The third kappa shape index (κ3) is 3.58. The fourth-order valence-electron chi connectivity index (χ4n) is 3.86. The maximum Gasteiger partial charge on any atom is 0.270 e. The number of rotatable bonds is 6. The van der Waals surface area contributed by atoms with Crippen molar-refractivity contribution in [1.82, 2.24) is 9.47 Å². The zero-order valence-electron chi connectivity index (χ0n) is 17.3. The van der Waals surface area contributed by atoms with Gasteiger partial charge in [0.05, 0.1) is 22.6 Å². The average Bonchev–Trinajstić information content (AvgIpc) is 3.17. The molecule has 0 atom stereocenters. The summed E-state index contributed by atoms with van der Waals surface area (Å²) in [5.74, 6) is -2.15. The first-order chi connectivity index (χ1) is 15.2. The van der Waals surface area contributed by atoms with Gasteiger partial charge in [-0.25, -0.2) is 4.39 Å². The molecule has 9 heteroatoms. The maximum absolute atomic E-state index is 13.2. The van der Waals surface area contributed by atoms with Gasteiger partial charge in [0, 0.05) is 35.6 Å². The van der Waals surface area contributed by atoms with E-state index in [1.54, 1.807) is 25.1 Å². The molecule has 4 rings (SSSR count). The van der Waals surface area contributed by atoms with Gasteiger partial charge < -0.3 is 4.57 Å². The summed E-state index contributed by atoms with van der Waals surface area (Å²) in [5.41, 5.74) is 2.33. The number of imide groups is 1. The van der Waals surface area contributed by atoms with Crippen molar-refractivity contribution < 1.29 is 23.7 Å². The molecule has 1 aromatic heterocycles. The van der Waals surface area contributed by atoms with Gasteiger partial charge in [0.25, 0.3) is 17.5 Å². The van der Waals surface area contributed by atoms with E-state index in [-0.39, 0.29) is 22.6 Å². The van der Waals surface area contributed by atoms with Crippen molar-refractivity contribution >= 4 is 23.3 Å². The lowest BCUT2D eigenvalue weighted by Crippen LogP contribution is -2.35. The zero-order chi connectivity index (χ0) is 23.2. The molecule has 8 nitrogen and oxygen atoms in total. The number of halogens is 1. The van der Waals surface area contributed by atoms with Crippen LogP contribution in [0.15, 0.2) is 48.5 Å². The minimum absolute atomic E-state index is 0.0372. The van der Waals surface area contributed by atoms with Crippen LogP contribution in [-0.2, 0) is 6.54 Å². The number of amides is 2. The molecule has 0 radical (unpaired) electrons.